The minimum atomic E-state index is -1.26. The lowest BCUT2D eigenvalue weighted by Gasteiger charge is -2.13. The summed E-state index contributed by atoms with van der Waals surface area (Å²) in [5.41, 5.74) is -0.808. The van der Waals surface area contributed by atoms with Gasteiger partial charge in [-0.05, 0) is 0 Å². The number of pyridine rings is 1. The van der Waals surface area contributed by atoms with Crippen molar-refractivity contribution in [3.05, 3.63) is 28.0 Å². The average molecular weight is 256 g/mol. The van der Waals surface area contributed by atoms with Crippen LogP contribution in [0.15, 0.2) is 16.9 Å². The molecule has 1 rings (SSSR count). The van der Waals surface area contributed by atoms with Gasteiger partial charge in [0.2, 0.25) is 0 Å². The number of carboxylic acid groups (broad SMARTS) is 1. The molecule has 0 bridgehead atoms. The maximum atomic E-state index is 11.6. The molecule has 0 aromatic carbocycles. The average Bonchev–Trinajstić information content (AvgIpc) is 2.26. The molecule has 18 heavy (non-hydrogen) atoms. The first-order valence-corrected chi connectivity index (χ1v) is 4.90. The summed E-state index contributed by atoms with van der Waals surface area (Å²) in [6.07, 6.45) is 0. The molecule has 0 aliphatic rings. The summed E-state index contributed by atoms with van der Waals surface area (Å²) in [5, 5.41) is 20.1. The van der Waals surface area contributed by atoms with Gasteiger partial charge in [-0.25, -0.2) is 4.79 Å². The molecule has 8 nitrogen and oxygen atoms in total. The zero-order valence-electron chi connectivity index (χ0n) is 9.47. The van der Waals surface area contributed by atoms with Gasteiger partial charge in [0, 0.05) is 19.2 Å². The van der Waals surface area contributed by atoms with E-state index < -0.39 is 29.4 Å². The summed E-state index contributed by atoms with van der Waals surface area (Å²) in [6, 6.07) is 0.729. The smallest absolute Gasteiger partial charge is 0.328 e. The van der Waals surface area contributed by atoms with Crippen LogP contribution in [0.2, 0.25) is 0 Å². The van der Waals surface area contributed by atoms with E-state index >= 15 is 0 Å². The lowest BCUT2D eigenvalue weighted by atomic mass is 10.2. The van der Waals surface area contributed by atoms with E-state index in [9.17, 15) is 14.4 Å². The van der Waals surface area contributed by atoms with Crippen LogP contribution >= 0.6 is 0 Å². The number of H-pyrrole nitrogens is 1. The van der Waals surface area contributed by atoms with Crippen molar-refractivity contribution in [3.8, 4) is 5.88 Å². The van der Waals surface area contributed by atoms with E-state index in [-0.39, 0.29) is 12.2 Å². The van der Waals surface area contributed by atoms with Crippen molar-refractivity contribution in [2.45, 2.75) is 6.04 Å². The van der Waals surface area contributed by atoms with Gasteiger partial charge in [-0.1, -0.05) is 0 Å². The highest BCUT2D eigenvalue weighted by atomic mass is 16.5. The third kappa shape index (κ3) is 3.59. The number of aromatic amines is 1. The first-order chi connectivity index (χ1) is 8.43. The van der Waals surface area contributed by atoms with Gasteiger partial charge in [0.1, 0.15) is 0 Å². The molecule has 8 heteroatoms. The quantitative estimate of drug-likeness (QED) is 0.530. The van der Waals surface area contributed by atoms with Crippen LogP contribution in [0, 0.1) is 0 Å². The van der Waals surface area contributed by atoms with Crippen LogP contribution in [0.25, 0.3) is 0 Å². The van der Waals surface area contributed by atoms with Gasteiger partial charge in [-0.15, -0.1) is 0 Å². The zero-order chi connectivity index (χ0) is 13.7. The highest BCUT2D eigenvalue weighted by Crippen LogP contribution is 2.04. The van der Waals surface area contributed by atoms with Gasteiger partial charge in [0.05, 0.1) is 12.2 Å². The maximum absolute atomic E-state index is 11.6. The summed E-state index contributed by atoms with van der Waals surface area (Å²) < 4.78 is 4.64. The Kier molecular flexibility index (Phi) is 4.44. The van der Waals surface area contributed by atoms with Gasteiger partial charge in [0.15, 0.2) is 11.9 Å². The molecule has 1 aromatic rings. The van der Waals surface area contributed by atoms with E-state index in [2.05, 4.69) is 10.1 Å². The molecule has 0 fully saturated rings. The minimum Gasteiger partial charge on any atom is -0.494 e. The van der Waals surface area contributed by atoms with Gasteiger partial charge < -0.3 is 20.3 Å². The number of rotatable bonds is 5. The maximum Gasteiger partial charge on any atom is 0.328 e. The van der Waals surface area contributed by atoms with Crippen LogP contribution < -0.4 is 10.9 Å². The molecular formula is C10H12N2O6. The molecular weight excluding hydrogens is 244 g/mol. The fourth-order valence-electron chi connectivity index (χ4n) is 1.24. The number of methoxy groups -OCH3 is 1. The Morgan fingerprint density at radius 3 is 2.67 bits per heavy atom. The molecule has 0 saturated heterocycles. The standard InChI is InChI=1S/C10H12N2O6/c1-18-4-6(10(16)17)11-9(15)5-2-7(13)12-8(14)3-5/h2-3,6H,4H2,1H3,(H,11,15)(H,16,17)(H2,12,13,14). The summed E-state index contributed by atoms with van der Waals surface area (Å²) in [6.45, 7) is -0.212. The highest BCUT2D eigenvalue weighted by molar-refractivity contribution is 5.96. The van der Waals surface area contributed by atoms with Gasteiger partial charge in [-0.2, -0.15) is 0 Å². The van der Waals surface area contributed by atoms with Crippen molar-refractivity contribution < 1.29 is 24.5 Å². The number of nitrogens with one attached hydrogen (secondary N) is 2. The van der Waals surface area contributed by atoms with E-state index in [1.807, 2.05) is 4.98 Å². The first kappa shape index (κ1) is 13.7. The summed E-state index contributed by atoms with van der Waals surface area (Å²) in [4.78, 5) is 35.5. The molecule has 4 N–H and O–H groups in total. The Labute approximate surface area is 101 Å². The number of aromatic hydroxyl groups is 1. The number of ether oxygens (including phenoxy) is 1. The second-order valence-corrected chi connectivity index (χ2v) is 3.44. The normalized spacial score (nSPS) is 11.8. The Bertz CT molecular complexity index is 509. The second-order valence-electron chi connectivity index (χ2n) is 3.44. The monoisotopic (exact) mass is 256 g/mol. The Hall–Kier alpha value is -2.35. The number of carbonyl (C=O) groups excluding carboxylic acids is 1. The molecule has 98 valence electrons. The summed E-state index contributed by atoms with van der Waals surface area (Å²) >= 11 is 0. The number of carboxylic acids is 1. The second kappa shape index (κ2) is 5.82. The molecule has 0 aliphatic heterocycles. The van der Waals surface area contributed by atoms with Crippen LogP contribution in [-0.4, -0.2) is 46.8 Å². The van der Waals surface area contributed by atoms with Gasteiger partial charge in [0.25, 0.3) is 11.5 Å². The van der Waals surface area contributed by atoms with Crippen LogP contribution in [0.4, 0.5) is 0 Å². The largest absolute Gasteiger partial charge is 0.494 e. The topological polar surface area (TPSA) is 129 Å². The van der Waals surface area contributed by atoms with E-state index in [1.54, 1.807) is 0 Å². The minimum absolute atomic E-state index is 0.140. The number of hydrogen-bond donors (Lipinski definition) is 4. The van der Waals surface area contributed by atoms with Crippen molar-refractivity contribution in [2.75, 3.05) is 13.7 Å². The summed E-state index contributed by atoms with van der Waals surface area (Å²) in [5.74, 6) is -2.54. The van der Waals surface area contributed by atoms with E-state index in [1.165, 1.54) is 7.11 Å². The summed E-state index contributed by atoms with van der Waals surface area (Å²) in [7, 11) is 1.29. The number of aromatic nitrogens is 1. The van der Waals surface area contributed by atoms with Crippen LogP contribution in [-0.2, 0) is 9.53 Å². The van der Waals surface area contributed by atoms with Gasteiger partial charge >= 0.3 is 5.97 Å². The van der Waals surface area contributed by atoms with Crippen molar-refractivity contribution in [3.63, 3.8) is 0 Å². The molecule has 1 unspecified atom stereocenters. The number of hydrogen-bond acceptors (Lipinski definition) is 5. The molecule has 0 aliphatic carbocycles. The molecule has 1 atom stereocenters. The lowest BCUT2D eigenvalue weighted by Crippen LogP contribution is -2.44. The van der Waals surface area contributed by atoms with Crippen LogP contribution in [0.1, 0.15) is 10.4 Å². The van der Waals surface area contributed by atoms with Crippen molar-refractivity contribution in [2.24, 2.45) is 0 Å². The third-order valence-electron chi connectivity index (χ3n) is 2.03. The predicted octanol–water partition coefficient (Wildman–Crippen LogP) is -1.09. The van der Waals surface area contributed by atoms with Crippen LogP contribution in [0.3, 0.4) is 0 Å². The predicted molar refractivity (Wildman–Crippen MR) is 59.5 cm³/mol. The third-order valence-corrected chi connectivity index (χ3v) is 2.03. The lowest BCUT2D eigenvalue weighted by molar-refractivity contribution is -0.140. The molecule has 1 amide bonds. The van der Waals surface area contributed by atoms with Crippen molar-refractivity contribution in [1.82, 2.24) is 10.3 Å². The highest BCUT2D eigenvalue weighted by Gasteiger charge is 2.20. The zero-order valence-corrected chi connectivity index (χ0v) is 9.47. The van der Waals surface area contributed by atoms with E-state index in [0.29, 0.717) is 0 Å². The SMILES string of the molecule is COCC(NC(=O)c1cc(O)[nH]c(=O)c1)C(=O)O. The van der Waals surface area contributed by atoms with Crippen molar-refractivity contribution >= 4 is 11.9 Å². The Morgan fingerprint density at radius 2 is 2.17 bits per heavy atom. The number of aliphatic carboxylic acids is 1. The van der Waals surface area contributed by atoms with Gasteiger partial charge in [-0.3, -0.25) is 14.6 Å². The number of amides is 1. The molecule has 1 heterocycles. The van der Waals surface area contributed by atoms with E-state index in [0.717, 1.165) is 12.1 Å². The van der Waals surface area contributed by atoms with Crippen LogP contribution in [0.5, 0.6) is 5.88 Å². The molecule has 0 saturated carbocycles. The fraction of sp³-hybridized carbons (Fsp3) is 0.300. The van der Waals surface area contributed by atoms with Crippen molar-refractivity contribution in [1.29, 1.82) is 0 Å². The first-order valence-electron chi connectivity index (χ1n) is 4.90. The molecule has 0 spiro atoms. The molecule has 0 radical (unpaired) electrons. The van der Waals surface area contributed by atoms with E-state index in [4.69, 9.17) is 10.2 Å². The number of carbonyl (C=O) groups is 2. The molecule has 1 aromatic heterocycles. The fourth-order valence-corrected chi connectivity index (χ4v) is 1.24. The Morgan fingerprint density at radius 1 is 1.50 bits per heavy atom. The Balaban J connectivity index is 2.86.